The number of carbonyl (C=O) groups is 3. The van der Waals surface area contributed by atoms with E-state index < -0.39 is 5.54 Å². The molecule has 2 aliphatic heterocycles. The summed E-state index contributed by atoms with van der Waals surface area (Å²) in [7, 11) is 1.69. The molecule has 134 valence electrons. The molecular formula is C17H28N4O3. The lowest BCUT2D eigenvalue weighted by molar-refractivity contribution is -0.137. The van der Waals surface area contributed by atoms with Gasteiger partial charge in [0.25, 0.3) is 5.91 Å². The Kier molecular flexibility index (Phi) is 4.80. The van der Waals surface area contributed by atoms with Gasteiger partial charge in [0.1, 0.15) is 12.1 Å². The Labute approximate surface area is 143 Å². The molecule has 7 nitrogen and oxygen atoms in total. The molecular weight excluding hydrogens is 308 g/mol. The van der Waals surface area contributed by atoms with E-state index in [0.29, 0.717) is 18.8 Å². The molecule has 1 saturated carbocycles. The van der Waals surface area contributed by atoms with E-state index in [-0.39, 0.29) is 30.4 Å². The van der Waals surface area contributed by atoms with Crippen LogP contribution >= 0.6 is 0 Å². The van der Waals surface area contributed by atoms with Crippen molar-refractivity contribution >= 4 is 17.8 Å². The number of likely N-dealkylation sites (N-methyl/N-ethyl adjacent to an activating group) is 1. The second kappa shape index (κ2) is 6.70. The molecule has 1 spiro atoms. The minimum Gasteiger partial charge on any atom is -0.350 e. The minimum absolute atomic E-state index is 0.0560. The Morgan fingerprint density at radius 3 is 2.67 bits per heavy atom. The van der Waals surface area contributed by atoms with E-state index in [0.717, 1.165) is 43.7 Å². The first-order valence-electron chi connectivity index (χ1n) is 9.05. The third kappa shape index (κ3) is 2.90. The third-order valence-electron chi connectivity index (χ3n) is 5.96. The molecule has 7 heteroatoms. The number of rotatable bonds is 3. The number of amides is 4. The highest BCUT2D eigenvalue weighted by Gasteiger charge is 2.55. The van der Waals surface area contributed by atoms with Crippen molar-refractivity contribution in [2.24, 2.45) is 5.92 Å². The Morgan fingerprint density at radius 2 is 2.00 bits per heavy atom. The molecule has 3 aliphatic rings. The van der Waals surface area contributed by atoms with Crippen LogP contribution in [0.2, 0.25) is 0 Å². The SMILES string of the molecule is CC1CCNCC1NC(=O)CN1C(=O)N(C)C2(CCCCC2)C1=O. The van der Waals surface area contributed by atoms with E-state index in [1.165, 1.54) is 0 Å². The van der Waals surface area contributed by atoms with E-state index in [4.69, 9.17) is 0 Å². The first kappa shape index (κ1) is 17.2. The van der Waals surface area contributed by atoms with Gasteiger partial charge in [0, 0.05) is 19.6 Å². The van der Waals surface area contributed by atoms with Crippen LogP contribution < -0.4 is 10.6 Å². The van der Waals surface area contributed by atoms with Crippen molar-refractivity contribution in [1.29, 1.82) is 0 Å². The maximum Gasteiger partial charge on any atom is 0.327 e. The average Bonchev–Trinajstić information content (AvgIpc) is 2.74. The number of nitrogens with zero attached hydrogens (tertiary/aromatic N) is 2. The smallest absolute Gasteiger partial charge is 0.327 e. The summed E-state index contributed by atoms with van der Waals surface area (Å²) in [6.45, 7) is 3.64. The molecule has 2 heterocycles. The summed E-state index contributed by atoms with van der Waals surface area (Å²) < 4.78 is 0. The maximum atomic E-state index is 12.9. The van der Waals surface area contributed by atoms with Gasteiger partial charge in [-0.15, -0.1) is 0 Å². The highest BCUT2D eigenvalue weighted by atomic mass is 16.2. The highest BCUT2D eigenvalue weighted by molar-refractivity contribution is 6.08. The van der Waals surface area contributed by atoms with Crippen molar-refractivity contribution < 1.29 is 14.4 Å². The second-order valence-corrected chi connectivity index (χ2v) is 7.47. The zero-order valence-corrected chi connectivity index (χ0v) is 14.6. The van der Waals surface area contributed by atoms with E-state index in [9.17, 15) is 14.4 Å². The normalized spacial score (nSPS) is 30.1. The van der Waals surface area contributed by atoms with Crippen LogP contribution in [0.15, 0.2) is 0 Å². The summed E-state index contributed by atoms with van der Waals surface area (Å²) in [5.41, 5.74) is -0.713. The van der Waals surface area contributed by atoms with Gasteiger partial charge in [-0.1, -0.05) is 26.2 Å². The van der Waals surface area contributed by atoms with Gasteiger partial charge in [0.15, 0.2) is 0 Å². The first-order valence-corrected chi connectivity index (χ1v) is 9.05. The fourth-order valence-electron chi connectivity index (χ4n) is 4.25. The first-order chi connectivity index (χ1) is 11.5. The van der Waals surface area contributed by atoms with Gasteiger partial charge in [-0.3, -0.25) is 14.5 Å². The lowest BCUT2D eigenvalue weighted by Gasteiger charge is -2.35. The van der Waals surface area contributed by atoms with E-state index in [1.807, 2.05) is 0 Å². The van der Waals surface area contributed by atoms with Crippen molar-refractivity contribution in [1.82, 2.24) is 20.4 Å². The lowest BCUT2D eigenvalue weighted by Crippen LogP contribution is -2.53. The van der Waals surface area contributed by atoms with Gasteiger partial charge in [0.2, 0.25) is 5.91 Å². The predicted molar refractivity (Wildman–Crippen MR) is 89.3 cm³/mol. The summed E-state index contributed by atoms with van der Waals surface area (Å²) in [4.78, 5) is 40.5. The Hall–Kier alpha value is -1.63. The summed E-state index contributed by atoms with van der Waals surface area (Å²) >= 11 is 0. The number of nitrogens with one attached hydrogen (secondary N) is 2. The van der Waals surface area contributed by atoms with Crippen LogP contribution in [0.1, 0.15) is 45.4 Å². The van der Waals surface area contributed by atoms with Gasteiger partial charge in [-0.2, -0.15) is 0 Å². The number of piperidine rings is 1. The van der Waals surface area contributed by atoms with E-state index in [2.05, 4.69) is 17.6 Å². The van der Waals surface area contributed by atoms with Gasteiger partial charge in [0.05, 0.1) is 0 Å². The molecule has 3 rings (SSSR count). The molecule has 0 radical (unpaired) electrons. The average molecular weight is 336 g/mol. The second-order valence-electron chi connectivity index (χ2n) is 7.47. The van der Waals surface area contributed by atoms with Crippen molar-refractivity contribution in [2.75, 3.05) is 26.7 Å². The third-order valence-corrected chi connectivity index (χ3v) is 5.96. The molecule has 0 aromatic rings. The molecule has 4 amide bonds. The molecule has 2 saturated heterocycles. The van der Waals surface area contributed by atoms with Crippen molar-refractivity contribution in [2.45, 2.75) is 57.0 Å². The van der Waals surface area contributed by atoms with Crippen LogP contribution in [0.25, 0.3) is 0 Å². The van der Waals surface area contributed by atoms with Gasteiger partial charge in [-0.25, -0.2) is 4.79 Å². The molecule has 2 unspecified atom stereocenters. The zero-order valence-electron chi connectivity index (χ0n) is 14.6. The van der Waals surface area contributed by atoms with Gasteiger partial charge >= 0.3 is 6.03 Å². The van der Waals surface area contributed by atoms with Crippen LogP contribution in [0.3, 0.4) is 0 Å². The van der Waals surface area contributed by atoms with Crippen LogP contribution in [0.4, 0.5) is 4.79 Å². The molecule has 3 fully saturated rings. The van der Waals surface area contributed by atoms with Crippen LogP contribution in [-0.2, 0) is 9.59 Å². The Balaban J connectivity index is 1.65. The molecule has 2 atom stereocenters. The Morgan fingerprint density at radius 1 is 1.29 bits per heavy atom. The maximum absolute atomic E-state index is 12.9. The standard InChI is InChI=1S/C17H28N4O3/c1-12-6-9-18-10-13(12)19-14(22)11-21-15(23)17(20(2)16(21)24)7-4-3-5-8-17/h12-13,18H,3-11H2,1-2H3,(H,19,22). The van der Waals surface area contributed by atoms with Crippen molar-refractivity contribution in [3.05, 3.63) is 0 Å². The van der Waals surface area contributed by atoms with Crippen LogP contribution in [0, 0.1) is 5.92 Å². The minimum atomic E-state index is -0.713. The summed E-state index contributed by atoms with van der Waals surface area (Å²) in [5.74, 6) is -0.0503. The molecule has 0 aromatic heterocycles. The molecule has 0 aromatic carbocycles. The number of hydrogen-bond donors (Lipinski definition) is 2. The van der Waals surface area contributed by atoms with Crippen LogP contribution in [0.5, 0.6) is 0 Å². The quantitative estimate of drug-likeness (QED) is 0.743. The summed E-state index contributed by atoms with van der Waals surface area (Å²) in [6, 6.07) is -0.285. The molecule has 2 N–H and O–H groups in total. The van der Waals surface area contributed by atoms with Crippen molar-refractivity contribution in [3.63, 3.8) is 0 Å². The van der Waals surface area contributed by atoms with Crippen molar-refractivity contribution in [3.8, 4) is 0 Å². The largest absolute Gasteiger partial charge is 0.350 e. The lowest BCUT2D eigenvalue weighted by atomic mass is 9.81. The van der Waals surface area contributed by atoms with Crippen LogP contribution in [-0.4, -0.2) is 65.9 Å². The molecule has 1 aliphatic carbocycles. The molecule has 24 heavy (non-hydrogen) atoms. The fraction of sp³-hybridized carbons (Fsp3) is 0.824. The van der Waals surface area contributed by atoms with Gasteiger partial charge in [-0.05, 0) is 31.7 Å². The number of imide groups is 1. The number of carbonyl (C=O) groups excluding carboxylic acids is 3. The molecule has 0 bridgehead atoms. The fourth-order valence-corrected chi connectivity index (χ4v) is 4.25. The highest BCUT2D eigenvalue weighted by Crippen LogP contribution is 2.39. The number of urea groups is 1. The summed E-state index contributed by atoms with van der Waals surface area (Å²) in [5, 5.41) is 6.24. The monoisotopic (exact) mass is 336 g/mol. The Bertz CT molecular complexity index is 530. The predicted octanol–water partition coefficient (Wildman–Crippen LogP) is 0.698. The van der Waals surface area contributed by atoms with E-state index >= 15 is 0 Å². The summed E-state index contributed by atoms with van der Waals surface area (Å²) in [6.07, 6.45) is 5.43. The number of hydrogen-bond acceptors (Lipinski definition) is 4. The van der Waals surface area contributed by atoms with Gasteiger partial charge < -0.3 is 15.5 Å². The topological polar surface area (TPSA) is 81.8 Å². The van der Waals surface area contributed by atoms with E-state index in [1.54, 1.807) is 11.9 Å². The zero-order chi connectivity index (χ0) is 17.3.